The van der Waals surface area contributed by atoms with Crippen molar-refractivity contribution >= 4 is 21.6 Å². The fraction of sp³-hybridized carbons (Fsp3) is 0.286. The summed E-state index contributed by atoms with van der Waals surface area (Å²) in [4.78, 5) is 0. The topological polar surface area (TPSA) is 17.0 Å². The number of hydrogen-bond acceptors (Lipinski definition) is 1. The number of rotatable bonds is 4. The zero-order chi connectivity index (χ0) is 12.3. The van der Waals surface area contributed by atoms with Crippen LogP contribution in [0.5, 0.6) is 0 Å². The van der Waals surface area contributed by atoms with Gasteiger partial charge in [0.25, 0.3) is 0 Å². The van der Waals surface area contributed by atoms with Crippen molar-refractivity contribution in [3.8, 4) is 0 Å². The minimum atomic E-state index is 0.871. The standard InChI is InChI=1S/C14H17BrN2/c1-3-17-7-6-12(10-17)9-16-14-5-4-13(15)8-11(14)2/h4-8,10,16H,3,9H2,1-2H3. The number of hydrogen-bond donors (Lipinski definition) is 1. The first kappa shape index (κ1) is 12.2. The lowest BCUT2D eigenvalue weighted by Gasteiger charge is -2.08. The van der Waals surface area contributed by atoms with Crippen LogP contribution in [0, 0.1) is 6.92 Å². The van der Waals surface area contributed by atoms with Gasteiger partial charge >= 0.3 is 0 Å². The molecular formula is C14H17BrN2. The molecule has 90 valence electrons. The molecule has 0 aliphatic rings. The van der Waals surface area contributed by atoms with Gasteiger partial charge in [0.2, 0.25) is 0 Å². The molecule has 0 saturated carbocycles. The molecule has 17 heavy (non-hydrogen) atoms. The zero-order valence-corrected chi connectivity index (χ0v) is 11.8. The van der Waals surface area contributed by atoms with E-state index < -0.39 is 0 Å². The molecule has 0 bridgehead atoms. The summed E-state index contributed by atoms with van der Waals surface area (Å²) in [7, 11) is 0. The molecule has 3 heteroatoms. The molecular weight excluding hydrogens is 276 g/mol. The number of anilines is 1. The van der Waals surface area contributed by atoms with Gasteiger partial charge < -0.3 is 9.88 Å². The summed E-state index contributed by atoms with van der Waals surface area (Å²) in [6, 6.07) is 8.45. The number of aromatic nitrogens is 1. The molecule has 0 aliphatic heterocycles. The Kier molecular flexibility index (Phi) is 3.89. The van der Waals surface area contributed by atoms with Crippen molar-refractivity contribution in [1.82, 2.24) is 4.57 Å². The van der Waals surface area contributed by atoms with Crippen LogP contribution in [-0.4, -0.2) is 4.57 Å². The molecule has 0 aliphatic carbocycles. The van der Waals surface area contributed by atoms with Gasteiger partial charge in [0.05, 0.1) is 0 Å². The quantitative estimate of drug-likeness (QED) is 0.894. The normalized spacial score (nSPS) is 10.5. The predicted octanol–water partition coefficient (Wildman–Crippen LogP) is 4.19. The van der Waals surface area contributed by atoms with Gasteiger partial charge in [0.1, 0.15) is 0 Å². The fourth-order valence-corrected chi connectivity index (χ4v) is 2.29. The monoisotopic (exact) mass is 292 g/mol. The SMILES string of the molecule is CCn1ccc(CNc2ccc(Br)cc2C)c1. The number of benzene rings is 1. The average Bonchev–Trinajstić information content (AvgIpc) is 2.76. The van der Waals surface area contributed by atoms with Gasteiger partial charge in [0, 0.05) is 35.6 Å². The van der Waals surface area contributed by atoms with Crippen LogP contribution in [0.25, 0.3) is 0 Å². The highest BCUT2D eigenvalue weighted by molar-refractivity contribution is 9.10. The van der Waals surface area contributed by atoms with Crippen LogP contribution in [0.3, 0.4) is 0 Å². The van der Waals surface area contributed by atoms with E-state index in [9.17, 15) is 0 Å². The van der Waals surface area contributed by atoms with Crippen LogP contribution in [0.15, 0.2) is 41.1 Å². The van der Waals surface area contributed by atoms with Gasteiger partial charge in [-0.05, 0) is 49.2 Å². The molecule has 0 spiro atoms. The van der Waals surface area contributed by atoms with Gasteiger partial charge in [-0.3, -0.25) is 0 Å². The first-order valence-electron chi connectivity index (χ1n) is 5.83. The maximum Gasteiger partial charge on any atom is 0.0415 e. The van der Waals surface area contributed by atoms with E-state index in [0.717, 1.165) is 17.6 Å². The van der Waals surface area contributed by atoms with E-state index in [1.165, 1.54) is 16.8 Å². The third-order valence-corrected chi connectivity index (χ3v) is 3.34. The highest BCUT2D eigenvalue weighted by Crippen LogP contribution is 2.20. The Morgan fingerprint density at radius 2 is 2.12 bits per heavy atom. The number of aryl methyl sites for hydroxylation is 2. The van der Waals surface area contributed by atoms with Crippen LogP contribution in [0.4, 0.5) is 5.69 Å². The maximum absolute atomic E-state index is 3.47. The second kappa shape index (κ2) is 5.41. The average molecular weight is 293 g/mol. The van der Waals surface area contributed by atoms with Gasteiger partial charge in [-0.1, -0.05) is 15.9 Å². The molecule has 2 rings (SSSR count). The molecule has 1 heterocycles. The van der Waals surface area contributed by atoms with Crippen molar-refractivity contribution < 1.29 is 0 Å². The maximum atomic E-state index is 3.47. The third kappa shape index (κ3) is 3.13. The summed E-state index contributed by atoms with van der Waals surface area (Å²) >= 11 is 3.47. The van der Waals surface area contributed by atoms with E-state index in [1.54, 1.807) is 0 Å². The second-order valence-electron chi connectivity index (χ2n) is 4.16. The second-order valence-corrected chi connectivity index (χ2v) is 5.08. The molecule has 1 aromatic carbocycles. The van der Waals surface area contributed by atoms with Gasteiger partial charge in [-0.2, -0.15) is 0 Å². The summed E-state index contributed by atoms with van der Waals surface area (Å²) in [6.45, 7) is 6.16. The Hall–Kier alpha value is -1.22. The Bertz CT molecular complexity index is 503. The molecule has 0 fully saturated rings. The van der Waals surface area contributed by atoms with E-state index in [1.807, 2.05) is 0 Å². The van der Waals surface area contributed by atoms with E-state index in [2.05, 4.69) is 76.3 Å². The van der Waals surface area contributed by atoms with E-state index in [0.29, 0.717) is 0 Å². The van der Waals surface area contributed by atoms with Crippen LogP contribution < -0.4 is 5.32 Å². The predicted molar refractivity (Wildman–Crippen MR) is 76.3 cm³/mol. The summed E-state index contributed by atoms with van der Waals surface area (Å²) in [5.74, 6) is 0. The Morgan fingerprint density at radius 1 is 1.29 bits per heavy atom. The van der Waals surface area contributed by atoms with Crippen LogP contribution in [0.2, 0.25) is 0 Å². The zero-order valence-electron chi connectivity index (χ0n) is 10.2. The minimum Gasteiger partial charge on any atom is -0.381 e. The Morgan fingerprint density at radius 3 is 2.76 bits per heavy atom. The summed E-state index contributed by atoms with van der Waals surface area (Å²) in [5, 5.41) is 3.46. The molecule has 1 aromatic heterocycles. The molecule has 0 unspecified atom stereocenters. The summed E-state index contributed by atoms with van der Waals surface area (Å²) < 4.78 is 3.31. The summed E-state index contributed by atoms with van der Waals surface area (Å²) in [5.41, 5.74) is 3.76. The fourth-order valence-electron chi connectivity index (χ4n) is 1.81. The highest BCUT2D eigenvalue weighted by Gasteiger charge is 2.00. The van der Waals surface area contributed by atoms with Crippen molar-refractivity contribution in [1.29, 1.82) is 0 Å². The van der Waals surface area contributed by atoms with Crippen molar-refractivity contribution in [2.24, 2.45) is 0 Å². The Balaban J connectivity index is 2.02. The lowest BCUT2D eigenvalue weighted by atomic mass is 10.2. The van der Waals surface area contributed by atoms with Crippen molar-refractivity contribution in [3.05, 3.63) is 52.3 Å². The number of nitrogens with one attached hydrogen (secondary N) is 1. The molecule has 2 aromatic rings. The minimum absolute atomic E-state index is 0.871. The van der Waals surface area contributed by atoms with Crippen LogP contribution >= 0.6 is 15.9 Å². The highest BCUT2D eigenvalue weighted by atomic mass is 79.9. The molecule has 2 nitrogen and oxygen atoms in total. The van der Waals surface area contributed by atoms with Crippen molar-refractivity contribution in [2.75, 3.05) is 5.32 Å². The summed E-state index contributed by atoms with van der Waals surface area (Å²) in [6.07, 6.45) is 4.30. The van der Waals surface area contributed by atoms with E-state index in [4.69, 9.17) is 0 Å². The number of halogens is 1. The smallest absolute Gasteiger partial charge is 0.0415 e. The first-order valence-corrected chi connectivity index (χ1v) is 6.63. The van der Waals surface area contributed by atoms with Crippen molar-refractivity contribution in [2.45, 2.75) is 26.9 Å². The third-order valence-electron chi connectivity index (χ3n) is 2.85. The van der Waals surface area contributed by atoms with Crippen LogP contribution in [0.1, 0.15) is 18.1 Å². The molecule has 0 radical (unpaired) electrons. The largest absolute Gasteiger partial charge is 0.381 e. The molecule has 1 N–H and O–H groups in total. The molecule has 0 saturated heterocycles. The lowest BCUT2D eigenvalue weighted by molar-refractivity contribution is 0.766. The number of nitrogens with zero attached hydrogens (tertiary/aromatic N) is 1. The van der Waals surface area contributed by atoms with E-state index in [-0.39, 0.29) is 0 Å². The molecule has 0 atom stereocenters. The Labute approximate surface area is 111 Å². The van der Waals surface area contributed by atoms with E-state index >= 15 is 0 Å². The van der Waals surface area contributed by atoms with Gasteiger partial charge in [-0.25, -0.2) is 0 Å². The van der Waals surface area contributed by atoms with Gasteiger partial charge in [0.15, 0.2) is 0 Å². The first-order chi connectivity index (χ1) is 8.19. The van der Waals surface area contributed by atoms with Crippen LogP contribution in [-0.2, 0) is 13.1 Å². The lowest BCUT2D eigenvalue weighted by Crippen LogP contribution is -2.00. The molecule has 0 amide bonds. The van der Waals surface area contributed by atoms with Gasteiger partial charge in [-0.15, -0.1) is 0 Å². The van der Waals surface area contributed by atoms with Crippen molar-refractivity contribution in [3.63, 3.8) is 0 Å².